The van der Waals surface area contributed by atoms with E-state index in [1.165, 1.54) is 5.56 Å². The van der Waals surface area contributed by atoms with Crippen molar-refractivity contribution in [1.29, 1.82) is 0 Å². The number of methoxy groups -OCH3 is 1. The number of rotatable bonds is 9. The lowest BCUT2D eigenvalue weighted by Gasteiger charge is -2.39. The number of anilines is 1. The summed E-state index contributed by atoms with van der Waals surface area (Å²) in [5.41, 5.74) is 2.39. The molecule has 0 aromatic heterocycles. The molecule has 0 aliphatic carbocycles. The molecular formula is C25H35ClN2O2. The second kappa shape index (κ2) is 12.6. The number of nitrogens with zero attached hydrogens (tertiary/aromatic N) is 2. The molecule has 4 nitrogen and oxygen atoms in total. The van der Waals surface area contributed by atoms with Crippen LogP contribution in [0.25, 0.3) is 0 Å². The Hall–Kier alpha value is -2.04. The predicted molar refractivity (Wildman–Crippen MR) is 127 cm³/mol. The van der Waals surface area contributed by atoms with E-state index in [9.17, 15) is 4.79 Å². The van der Waals surface area contributed by atoms with E-state index in [0.717, 1.165) is 63.2 Å². The Morgan fingerprint density at radius 3 is 2.33 bits per heavy atom. The van der Waals surface area contributed by atoms with Gasteiger partial charge in [-0.25, -0.2) is 0 Å². The quantitative estimate of drug-likeness (QED) is 0.537. The van der Waals surface area contributed by atoms with Crippen LogP contribution in [0, 0.1) is 0 Å². The number of piperidine rings is 1. The lowest BCUT2D eigenvalue weighted by molar-refractivity contribution is -0.119. The third-order valence-corrected chi connectivity index (χ3v) is 5.85. The van der Waals surface area contributed by atoms with Gasteiger partial charge >= 0.3 is 0 Å². The number of benzene rings is 2. The highest BCUT2D eigenvalue weighted by Crippen LogP contribution is 2.27. The normalized spacial score (nSPS) is 14.7. The second-order valence-corrected chi connectivity index (χ2v) is 7.87. The van der Waals surface area contributed by atoms with Crippen molar-refractivity contribution in [2.45, 2.75) is 51.5 Å². The molecule has 0 unspecified atom stereocenters. The maximum atomic E-state index is 13.0. The van der Waals surface area contributed by atoms with Crippen LogP contribution in [0.3, 0.4) is 0 Å². The van der Waals surface area contributed by atoms with Gasteiger partial charge in [0.2, 0.25) is 5.91 Å². The zero-order valence-corrected chi connectivity index (χ0v) is 19.1. The van der Waals surface area contributed by atoms with E-state index < -0.39 is 0 Å². The van der Waals surface area contributed by atoms with Crippen LogP contribution in [0.4, 0.5) is 5.69 Å². The smallest absolute Gasteiger partial charge is 0.227 e. The molecular weight excluding hydrogens is 396 g/mol. The van der Waals surface area contributed by atoms with Gasteiger partial charge in [-0.1, -0.05) is 43.7 Å². The predicted octanol–water partition coefficient (Wildman–Crippen LogP) is 5.35. The van der Waals surface area contributed by atoms with Crippen molar-refractivity contribution in [2.24, 2.45) is 0 Å². The van der Waals surface area contributed by atoms with Crippen molar-refractivity contribution in [3.05, 3.63) is 60.2 Å². The lowest BCUT2D eigenvalue weighted by Crippen LogP contribution is -2.48. The molecule has 1 fully saturated rings. The molecule has 1 heterocycles. The summed E-state index contributed by atoms with van der Waals surface area (Å²) in [5.74, 6) is 1.07. The van der Waals surface area contributed by atoms with Crippen molar-refractivity contribution in [3.8, 4) is 5.75 Å². The van der Waals surface area contributed by atoms with Crippen LogP contribution in [0.15, 0.2) is 54.6 Å². The van der Waals surface area contributed by atoms with Crippen LogP contribution in [0.1, 0.15) is 44.6 Å². The molecule has 2 aromatic carbocycles. The first-order valence-corrected chi connectivity index (χ1v) is 10.9. The van der Waals surface area contributed by atoms with E-state index in [0.29, 0.717) is 6.42 Å². The Kier molecular flexibility index (Phi) is 10.2. The van der Waals surface area contributed by atoms with Gasteiger partial charge in [0, 0.05) is 37.8 Å². The van der Waals surface area contributed by atoms with Crippen LogP contribution in [-0.4, -0.2) is 43.6 Å². The van der Waals surface area contributed by atoms with Crippen molar-refractivity contribution < 1.29 is 9.53 Å². The van der Waals surface area contributed by atoms with E-state index in [1.807, 2.05) is 24.3 Å². The molecule has 0 saturated carbocycles. The minimum atomic E-state index is 0. The molecule has 0 N–H and O–H groups in total. The first-order chi connectivity index (χ1) is 14.2. The lowest BCUT2D eigenvalue weighted by atomic mass is 10.0. The van der Waals surface area contributed by atoms with Gasteiger partial charge < -0.3 is 14.5 Å². The standard InChI is InChI=1S/C25H34N2O2.ClH/c1-3-4-10-25(28)27(22-11-13-24(29-2)14-12-22)23-16-19-26(20-17-23)18-15-21-8-6-5-7-9-21;/h5-9,11-14,23H,3-4,10,15-20H2,1-2H3;1H. The van der Waals surface area contributed by atoms with Gasteiger partial charge in [0.05, 0.1) is 7.11 Å². The van der Waals surface area contributed by atoms with Gasteiger partial charge in [0.25, 0.3) is 0 Å². The van der Waals surface area contributed by atoms with Gasteiger partial charge in [-0.15, -0.1) is 12.4 Å². The van der Waals surface area contributed by atoms with Crippen molar-refractivity contribution in [1.82, 2.24) is 4.90 Å². The van der Waals surface area contributed by atoms with Gasteiger partial charge in [0.15, 0.2) is 0 Å². The molecule has 0 radical (unpaired) electrons. The topological polar surface area (TPSA) is 32.8 Å². The number of halogens is 1. The maximum Gasteiger partial charge on any atom is 0.227 e. The first-order valence-electron chi connectivity index (χ1n) is 10.9. The molecule has 30 heavy (non-hydrogen) atoms. The highest BCUT2D eigenvalue weighted by atomic mass is 35.5. The minimum absolute atomic E-state index is 0. The van der Waals surface area contributed by atoms with Gasteiger partial charge in [0.1, 0.15) is 5.75 Å². The first kappa shape index (κ1) is 24.2. The Labute approximate surface area is 187 Å². The molecule has 1 aliphatic heterocycles. The van der Waals surface area contributed by atoms with Crippen LogP contribution in [0.5, 0.6) is 5.75 Å². The largest absolute Gasteiger partial charge is 0.497 e. The number of likely N-dealkylation sites (tertiary alicyclic amines) is 1. The van der Waals surface area contributed by atoms with E-state index >= 15 is 0 Å². The van der Waals surface area contributed by atoms with E-state index in [-0.39, 0.29) is 24.4 Å². The fraction of sp³-hybridized carbons (Fsp3) is 0.480. The summed E-state index contributed by atoms with van der Waals surface area (Å²) in [6, 6.07) is 18.9. The SMILES string of the molecule is CCCCC(=O)N(c1ccc(OC)cc1)C1CCN(CCc2ccccc2)CC1.Cl. The molecule has 164 valence electrons. The number of carbonyl (C=O) groups excluding carboxylic acids is 1. The average molecular weight is 431 g/mol. The number of unbranched alkanes of at least 4 members (excludes halogenated alkanes) is 1. The van der Waals surface area contributed by atoms with E-state index in [4.69, 9.17) is 4.74 Å². The van der Waals surface area contributed by atoms with Crippen molar-refractivity contribution in [2.75, 3.05) is 31.6 Å². The van der Waals surface area contributed by atoms with Crippen LogP contribution in [0.2, 0.25) is 0 Å². The Bertz CT molecular complexity index is 744. The second-order valence-electron chi connectivity index (χ2n) is 7.87. The van der Waals surface area contributed by atoms with Crippen molar-refractivity contribution in [3.63, 3.8) is 0 Å². The van der Waals surface area contributed by atoms with Crippen LogP contribution >= 0.6 is 12.4 Å². The van der Waals surface area contributed by atoms with Gasteiger partial charge in [-0.2, -0.15) is 0 Å². The monoisotopic (exact) mass is 430 g/mol. The molecule has 0 spiro atoms. The molecule has 1 saturated heterocycles. The summed E-state index contributed by atoms with van der Waals surface area (Å²) >= 11 is 0. The molecule has 3 rings (SSSR count). The Morgan fingerprint density at radius 2 is 1.73 bits per heavy atom. The summed E-state index contributed by atoms with van der Waals surface area (Å²) < 4.78 is 5.29. The van der Waals surface area contributed by atoms with Crippen LogP contribution < -0.4 is 9.64 Å². The zero-order valence-electron chi connectivity index (χ0n) is 18.3. The van der Waals surface area contributed by atoms with Gasteiger partial charge in [-0.3, -0.25) is 4.79 Å². The number of hydrogen-bond donors (Lipinski definition) is 0. The number of hydrogen-bond acceptors (Lipinski definition) is 3. The van der Waals surface area contributed by atoms with E-state index in [1.54, 1.807) is 7.11 Å². The molecule has 5 heteroatoms. The summed E-state index contributed by atoms with van der Waals surface area (Å²) in [6.45, 7) is 5.32. The number of ether oxygens (including phenoxy) is 1. The summed E-state index contributed by atoms with van der Waals surface area (Å²) in [5, 5.41) is 0. The number of amides is 1. The summed E-state index contributed by atoms with van der Waals surface area (Å²) in [7, 11) is 1.67. The third kappa shape index (κ3) is 6.75. The summed E-state index contributed by atoms with van der Waals surface area (Å²) in [4.78, 5) is 17.6. The third-order valence-electron chi connectivity index (χ3n) is 5.85. The highest BCUT2D eigenvalue weighted by Gasteiger charge is 2.28. The molecule has 1 aliphatic rings. The minimum Gasteiger partial charge on any atom is -0.497 e. The van der Waals surface area contributed by atoms with Gasteiger partial charge in [-0.05, 0) is 55.5 Å². The summed E-state index contributed by atoms with van der Waals surface area (Å²) in [6.07, 6.45) is 5.75. The Balaban J connectivity index is 0.00000320. The Morgan fingerprint density at radius 1 is 1.07 bits per heavy atom. The van der Waals surface area contributed by atoms with Crippen molar-refractivity contribution >= 4 is 24.0 Å². The van der Waals surface area contributed by atoms with Crippen LogP contribution in [-0.2, 0) is 11.2 Å². The van der Waals surface area contributed by atoms with E-state index in [2.05, 4.69) is 47.1 Å². The fourth-order valence-corrected chi connectivity index (χ4v) is 4.08. The number of carbonyl (C=O) groups is 1. The highest BCUT2D eigenvalue weighted by molar-refractivity contribution is 5.94. The maximum absolute atomic E-state index is 13.0. The zero-order chi connectivity index (χ0) is 20.5. The fourth-order valence-electron chi connectivity index (χ4n) is 4.08. The molecule has 2 aromatic rings. The molecule has 1 amide bonds. The molecule has 0 atom stereocenters. The average Bonchev–Trinajstić information content (AvgIpc) is 2.78. The molecule has 0 bridgehead atoms.